The summed E-state index contributed by atoms with van der Waals surface area (Å²) in [6.45, 7) is 0. The van der Waals surface area contributed by atoms with E-state index in [1.54, 1.807) is 55.8 Å². The fraction of sp³-hybridized carbons (Fsp3) is 0.0625. The van der Waals surface area contributed by atoms with Gasteiger partial charge in [0.2, 0.25) is 0 Å². The summed E-state index contributed by atoms with van der Waals surface area (Å²) in [5.41, 5.74) is 0.520. The van der Waals surface area contributed by atoms with E-state index in [0.717, 1.165) is 0 Å². The van der Waals surface area contributed by atoms with Crippen LogP contribution in [0.25, 0.3) is 0 Å². The molecule has 1 aromatic heterocycles. The normalized spacial score (nSPS) is 10.5. The summed E-state index contributed by atoms with van der Waals surface area (Å²) in [7, 11) is 1.56. The van der Waals surface area contributed by atoms with Gasteiger partial charge in [-0.05, 0) is 36.4 Å². The number of rotatable bonds is 5. The molecule has 22 heavy (non-hydrogen) atoms. The van der Waals surface area contributed by atoms with Crippen molar-refractivity contribution in [3.8, 4) is 11.8 Å². The number of aromatic nitrogens is 1. The van der Waals surface area contributed by atoms with Gasteiger partial charge in [-0.2, -0.15) is 5.26 Å². The minimum Gasteiger partial charge on any atom is -0.497 e. The molecular formula is C16H14N4O2. The topological polar surface area (TPSA) is 87.0 Å². The number of methoxy groups -OCH3 is 1. The summed E-state index contributed by atoms with van der Waals surface area (Å²) in [4.78, 5) is 16.1. The molecule has 0 radical (unpaired) electrons. The lowest BCUT2D eigenvalue weighted by molar-refractivity contribution is -0.112. The Morgan fingerprint density at radius 2 is 2.05 bits per heavy atom. The summed E-state index contributed by atoms with van der Waals surface area (Å²) in [6.07, 6.45) is 2.93. The molecule has 0 saturated heterocycles. The zero-order chi connectivity index (χ0) is 15.8. The summed E-state index contributed by atoms with van der Waals surface area (Å²) in [5.74, 6) is 0.731. The maximum Gasteiger partial charge on any atom is 0.267 e. The van der Waals surface area contributed by atoms with Crippen molar-refractivity contribution in [3.63, 3.8) is 0 Å². The number of pyridine rings is 1. The molecular weight excluding hydrogens is 280 g/mol. The minimum atomic E-state index is -0.504. The van der Waals surface area contributed by atoms with Crippen molar-refractivity contribution in [3.05, 3.63) is 60.4 Å². The van der Waals surface area contributed by atoms with Gasteiger partial charge in [0.1, 0.15) is 23.2 Å². The van der Waals surface area contributed by atoms with E-state index >= 15 is 0 Å². The second-order valence-electron chi connectivity index (χ2n) is 4.21. The lowest BCUT2D eigenvalue weighted by Gasteiger charge is -2.06. The number of hydrogen-bond donors (Lipinski definition) is 2. The zero-order valence-corrected chi connectivity index (χ0v) is 11.9. The van der Waals surface area contributed by atoms with E-state index in [9.17, 15) is 4.79 Å². The van der Waals surface area contributed by atoms with Gasteiger partial charge >= 0.3 is 0 Å². The Morgan fingerprint density at radius 1 is 1.27 bits per heavy atom. The largest absolute Gasteiger partial charge is 0.497 e. The molecule has 0 fully saturated rings. The first kappa shape index (κ1) is 15.1. The van der Waals surface area contributed by atoms with Gasteiger partial charge in [-0.25, -0.2) is 4.98 Å². The summed E-state index contributed by atoms with van der Waals surface area (Å²) < 4.78 is 5.04. The van der Waals surface area contributed by atoms with E-state index in [-0.39, 0.29) is 5.57 Å². The Bertz CT molecular complexity index is 703. The third-order valence-electron chi connectivity index (χ3n) is 2.74. The molecule has 6 heteroatoms. The zero-order valence-electron chi connectivity index (χ0n) is 11.9. The quantitative estimate of drug-likeness (QED) is 0.653. The van der Waals surface area contributed by atoms with Crippen molar-refractivity contribution in [2.45, 2.75) is 0 Å². The molecule has 0 atom stereocenters. The molecule has 1 aromatic carbocycles. The Labute approximate surface area is 128 Å². The van der Waals surface area contributed by atoms with Crippen molar-refractivity contribution in [2.75, 3.05) is 17.7 Å². The van der Waals surface area contributed by atoms with Crippen LogP contribution in [0.4, 0.5) is 11.5 Å². The highest BCUT2D eigenvalue weighted by Gasteiger charge is 2.09. The van der Waals surface area contributed by atoms with Crippen LogP contribution in [0.2, 0.25) is 0 Å². The Morgan fingerprint density at radius 3 is 2.64 bits per heavy atom. The fourth-order valence-electron chi connectivity index (χ4n) is 1.62. The molecule has 1 amide bonds. The van der Waals surface area contributed by atoms with Gasteiger partial charge in [-0.1, -0.05) is 6.07 Å². The van der Waals surface area contributed by atoms with Crippen LogP contribution in [-0.4, -0.2) is 18.0 Å². The maximum atomic E-state index is 12.0. The van der Waals surface area contributed by atoms with Gasteiger partial charge in [-0.3, -0.25) is 4.79 Å². The van der Waals surface area contributed by atoms with Crippen LogP contribution in [0, 0.1) is 11.3 Å². The second kappa shape index (κ2) is 7.45. The van der Waals surface area contributed by atoms with Crippen LogP contribution in [0.3, 0.4) is 0 Å². The predicted molar refractivity (Wildman–Crippen MR) is 83.2 cm³/mol. The first-order valence-electron chi connectivity index (χ1n) is 6.46. The van der Waals surface area contributed by atoms with E-state index in [1.807, 2.05) is 6.07 Å². The van der Waals surface area contributed by atoms with Crippen LogP contribution in [0.5, 0.6) is 5.75 Å². The summed E-state index contributed by atoms with van der Waals surface area (Å²) in [5, 5.41) is 14.5. The molecule has 2 aromatic rings. The number of carbonyl (C=O) groups is 1. The molecule has 1 heterocycles. The third kappa shape index (κ3) is 4.08. The molecule has 0 saturated carbocycles. The maximum absolute atomic E-state index is 12.0. The van der Waals surface area contributed by atoms with Gasteiger partial charge in [0.05, 0.1) is 7.11 Å². The SMILES string of the molecule is COc1ccc(NC(=O)/C(C#N)=C\Nc2ccccn2)cc1. The van der Waals surface area contributed by atoms with Crippen molar-refractivity contribution >= 4 is 17.4 Å². The minimum absolute atomic E-state index is 0.0542. The molecule has 0 bridgehead atoms. The van der Waals surface area contributed by atoms with Gasteiger partial charge in [-0.15, -0.1) is 0 Å². The average Bonchev–Trinajstić information content (AvgIpc) is 2.57. The lowest BCUT2D eigenvalue weighted by atomic mass is 10.2. The van der Waals surface area contributed by atoms with E-state index < -0.39 is 5.91 Å². The lowest BCUT2D eigenvalue weighted by Crippen LogP contribution is -2.14. The average molecular weight is 294 g/mol. The second-order valence-corrected chi connectivity index (χ2v) is 4.21. The monoisotopic (exact) mass is 294 g/mol. The van der Waals surface area contributed by atoms with Gasteiger partial charge < -0.3 is 15.4 Å². The van der Waals surface area contributed by atoms with E-state index in [4.69, 9.17) is 10.00 Å². The molecule has 0 spiro atoms. The van der Waals surface area contributed by atoms with E-state index in [0.29, 0.717) is 17.3 Å². The molecule has 0 aliphatic rings. The molecule has 0 aliphatic heterocycles. The van der Waals surface area contributed by atoms with Crippen molar-refractivity contribution in [1.29, 1.82) is 5.26 Å². The number of benzene rings is 1. The van der Waals surface area contributed by atoms with Crippen molar-refractivity contribution < 1.29 is 9.53 Å². The van der Waals surface area contributed by atoms with Crippen molar-refractivity contribution in [2.24, 2.45) is 0 Å². The fourth-order valence-corrected chi connectivity index (χ4v) is 1.62. The molecule has 0 unspecified atom stereocenters. The predicted octanol–water partition coefficient (Wildman–Crippen LogP) is 2.55. The Hall–Kier alpha value is -3.33. The Balaban J connectivity index is 2.03. The number of nitrogens with one attached hydrogen (secondary N) is 2. The third-order valence-corrected chi connectivity index (χ3v) is 2.74. The van der Waals surface area contributed by atoms with Crippen LogP contribution < -0.4 is 15.4 Å². The summed E-state index contributed by atoms with van der Waals surface area (Å²) in [6, 6.07) is 14.0. The molecule has 6 nitrogen and oxygen atoms in total. The molecule has 2 rings (SSSR count). The van der Waals surface area contributed by atoms with Gasteiger partial charge in [0, 0.05) is 18.1 Å². The van der Waals surface area contributed by atoms with Crippen LogP contribution in [0.1, 0.15) is 0 Å². The van der Waals surface area contributed by atoms with Gasteiger partial charge in [0.25, 0.3) is 5.91 Å². The van der Waals surface area contributed by atoms with Gasteiger partial charge in [0.15, 0.2) is 0 Å². The number of anilines is 2. The number of nitriles is 1. The highest BCUT2D eigenvalue weighted by molar-refractivity contribution is 6.06. The van der Waals surface area contributed by atoms with Crippen molar-refractivity contribution in [1.82, 2.24) is 4.98 Å². The number of carbonyl (C=O) groups excluding carboxylic acids is 1. The number of amides is 1. The number of hydrogen-bond acceptors (Lipinski definition) is 5. The van der Waals surface area contributed by atoms with E-state index in [1.165, 1.54) is 6.20 Å². The molecule has 0 aliphatic carbocycles. The first-order chi connectivity index (χ1) is 10.7. The van der Waals surface area contributed by atoms with Crippen LogP contribution in [-0.2, 0) is 4.79 Å². The smallest absolute Gasteiger partial charge is 0.267 e. The van der Waals surface area contributed by atoms with Crippen LogP contribution in [0.15, 0.2) is 60.4 Å². The molecule has 110 valence electrons. The molecule has 2 N–H and O–H groups in total. The summed E-state index contributed by atoms with van der Waals surface area (Å²) >= 11 is 0. The first-order valence-corrected chi connectivity index (χ1v) is 6.46. The standard InChI is InChI=1S/C16H14N4O2/c1-22-14-7-5-13(6-8-14)20-16(21)12(10-17)11-19-15-4-2-3-9-18-15/h2-9,11H,1H3,(H,18,19)(H,20,21)/b12-11-. The highest BCUT2D eigenvalue weighted by atomic mass is 16.5. The van der Waals surface area contributed by atoms with E-state index in [2.05, 4.69) is 15.6 Å². The van der Waals surface area contributed by atoms with Crippen LogP contribution >= 0.6 is 0 Å². The Kier molecular flexibility index (Phi) is 5.10. The number of ether oxygens (including phenoxy) is 1. The number of nitrogens with zero attached hydrogens (tertiary/aromatic N) is 2. The highest BCUT2D eigenvalue weighted by Crippen LogP contribution is 2.15.